The lowest BCUT2D eigenvalue weighted by Crippen LogP contribution is -2.56. The summed E-state index contributed by atoms with van der Waals surface area (Å²) in [5.74, 6) is 5.71. The van der Waals surface area contributed by atoms with E-state index in [1.54, 1.807) is 6.92 Å². The summed E-state index contributed by atoms with van der Waals surface area (Å²) in [5.41, 5.74) is 2.68. The van der Waals surface area contributed by atoms with Crippen LogP contribution in [0.15, 0.2) is 66.9 Å². The Morgan fingerprint density at radius 2 is 1.81 bits per heavy atom. The van der Waals surface area contributed by atoms with Crippen molar-refractivity contribution in [2.45, 2.75) is 51.1 Å². The number of amides is 3. The lowest BCUT2D eigenvalue weighted by atomic mass is 9.74. The maximum absolute atomic E-state index is 13.8. The maximum atomic E-state index is 13.8. The van der Waals surface area contributed by atoms with Gasteiger partial charge in [0.2, 0.25) is 0 Å². The number of aromatic nitrogens is 1. The van der Waals surface area contributed by atoms with Crippen LogP contribution in [0.4, 0.5) is 4.79 Å². The van der Waals surface area contributed by atoms with Gasteiger partial charge in [-0.15, -0.1) is 5.92 Å². The molecule has 2 fully saturated rings. The van der Waals surface area contributed by atoms with Crippen LogP contribution < -0.4 is 5.32 Å². The third-order valence-electron chi connectivity index (χ3n) is 7.89. The van der Waals surface area contributed by atoms with E-state index < -0.39 is 5.54 Å². The molecule has 1 atom stereocenters. The number of para-hydroxylation sites is 1. The van der Waals surface area contributed by atoms with Gasteiger partial charge in [0, 0.05) is 18.1 Å². The number of aryl methyl sites for hydroxylation is 1. The van der Waals surface area contributed by atoms with Crippen molar-refractivity contribution in [3.05, 3.63) is 78.0 Å². The van der Waals surface area contributed by atoms with Crippen molar-refractivity contribution in [3.63, 3.8) is 0 Å². The molecule has 0 unspecified atom stereocenters. The second kappa shape index (κ2) is 11.1. The van der Waals surface area contributed by atoms with Crippen LogP contribution in [0.5, 0.6) is 0 Å². The summed E-state index contributed by atoms with van der Waals surface area (Å²) in [4.78, 5) is 35.0. The van der Waals surface area contributed by atoms with Crippen LogP contribution in [0.25, 0.3) is 10.9 Å². The second-order valence-corrected chi connectivity index (χ2v) is 10.1. The number of rotatable bonds is 8. The lowest BCUT2D eigenvalue weighted by Gasteiger charge is -2.41. The fourth-order valence-corrected chi connectivity index (χ4v) is 5.93. The number of hydrogen-bond donors (Lipinski definition) is 1. The van der Waals surface area contributed by atoms with E-state index >= 15 is 0 Å². The SMILES string of the molecule is CC#CCN1C(=O)N[C@@](CCCc2ccccc2)(C2CCN(Cc3cccc4cccnc34)CC2)C1=O. The molecule has 2 aliphatic heterocycles. The number of nitrogens with zero attached hydrogens (tertiary/aromatic N) is 3. The molecule has 1 N–H and O–H groups in total. The molecule has 5 rings (SSSR count). The van der Waals surface area contributed by atoms with Crippen molar-refractivity contribution in [2.75, 3.05) is 19.6 Å². The number of fused-ring (bicyclic) bond motifs is 1. The molecule has 2 aromatic carbocycles. The van der Waals surface area contributed by atoms with Gasteiger partial charge in [0.25, 0.3) is 5.91 Å². The van der Waals surface area contributed by atoms with E-state index in [4.69, 9.17) is 0 Å². The number of benzene rings is 2. The monoisotopic (exact) mass is 494 g/mol. The van der Waals surface area contributed by atoms with Gasteiger partial charge in [-0.25, -0.2) is 4.79 Å². The van der Waals surface area contributed by atoms with E-state index in [9.17, 15) is 9.59 Å². The van der Waals surface area contributed by atoms with Crippen LogP contribution in [-0.2, 0) is 17.8 Å². The van der Waals surface area contributed by atoms with Crippen LogP contribution in [0.3, 0.4) is 0 Å². The minimum atomic E-state index is -0.853. The van der Waals surface area contributed by atoms with Gasteiger partial charge >= 0.3 is 6.03 Å². The van der Waals surface area contributed by atoms with Crippen molar-refractivity contribution >= 4 is 22.8 Å². The molecule has 2 aliphatic rings. The van der Waals surface area contributed by atoms with E-state index in [1.807, 2.05) is 30.5 Å². The van der Waals surface area contributed by atoms with Crippen LogP contribution in [0.2, 0.25) is 0 Å². The zero-order valence-electron chi connectivity index (χ0n) is 21.5. The minimum Gasteiger partial charge on any atom is -0.323 e. The summed E-state index contributed by atoms with van der Waals surface area (Å²) >= 11 is 0. The van der Waals surface area contributed by atoms with Gasteiger partial charge in [-0.1, -0.05) is 60.5 Å². The molecule has 0 saturated carbocycles. The highest BCUT2D eigenvalue weighted by Gasteiger charge is 2.55. The molecule has 1 aromatic heterocycles. The van der Waals surface area contributed by atoms with Crippen LogP contribution >= 0.6 is 0 Å². The number of hydrogen-bond acceptors (Lipinski definition) is 4. The number of carbonyl (C=O) groups is 2. The van der Waals surface area contributed by atoms with E-state index in [0.29, 0.717) is 6.42 Å². The Balaban J connectivity index is 1.30. The fourth-order valence-electron chi connectivity index (χ4n) is 5.93. The molecule has 37 heavy (non-hydrogen) atoms. The van der Waals surface area contributed by atoms with Crippen molar-refractivity contribution in [2.24, 2.45) is 5.92 Å². The predicted octanol–water partition coefficient (Wildman–Crippen LogP) is 4.78. The number of pyridine rings is 1. The highest BCUT2D eigenvalue weighted by Crippen LogP contribution is 2.38. The highest BCUT2D eigenvalue weighted by atomic mass is 16.2. The van der Waals surface area contributed by atoms with Crippen molar-refractivity contribution in [1.29, 1.82) is 0 Å². The molecule has 6 nitrogen and oxygen atoms in total. The normalized spacial score (nSPS) is 20.6. The van der Waals surface area contributed by atoms with Gasteiger partial charge < -0.3 is 5.32 Å². The van der Waals surface area contributed by atoms with Crippen LogP contribution in [0, 0.1) is 17.8 Å². The largest absolute Gasteiger partial charge is 0.325 e. The number of likely N-dealkylation sites (tertiary alicyclic amines) is 1. The molecule has 0 radical (unpaired) electrons. The first-order valence-electron chi connectivity index (χ1n) is 13.2. The number of urea groups is 1. The van der Waals surface area contributed by atoms with Gasteiger partial charge in [0.1, 0.15) is 5.54 Å². The van der Waals surface area contributed by atoms with Gasteiger partial charge in [-0.3, -0.25) is 19.6 Å². The molecule has 0 bridgehead atoms. The molecule has 0 spiro atoms. The average Bonchev–Trinajstić information content (AvgIpc) is 3.18. The number of imide groups is 1. The zero-order chi connectivity index (χ0) is 25.7. The van der Waals surface area contributed by atoms with Gasteiger partial charge in [0.15, 0.2) is 0 Å². The van der Waals surface area contributed by atoms with Crippen LogP contribution in [-0.4, -0.2) is 51.9 Å². The summed E-state index contributed by atoms with van der Waals surface area (Å²) in [6.07, 6.45) is 5.94. The topological polar surface area (TPSA) is 65.5 Å². The Morgan fingerprint density at radius 1 is 1.03 bits per heavy atom. The Morgan fingerprint density at radius 3 is 2.59 bits per heavy atom. The fraction of sp³-hybridized carbons (Fsp3) is 0.387. The second-order valence-electron chi connectivity index (χ2n) is 10.1. The van der Waals surface area contributed by atoms with E-state index in [2.05, 4.69) is 63.4 Å². The summed E-state index contributed by atoms with van der Waals surface area (Å²) in [7, 11) is 0. The summed E-state index contributed by atoms with van der Waals surface area (Å²) in [6.45, 7) is 4.47. The first kappa shape index (κ1) is 25.0. The van der Waals surface area contributed by atoms with Gasteiger partial charge in [-0.05, 0) is 75.2 Å². The van der Waals surface area contributed by atoms with E-state index in [-0.39, 0.29) is 24.4 Å². The average molecular weight is 495 g/mol. The summed E-state index contributed by atoms with van der Waals surface area (Å²) in [5, 5.41) is 4.32. The van der Waals surface area contributed by atoms with Crippen LogP contribution in [0.1, 0.15) is 43.7 Å². The third-order valence-corrected chi connectivity index (χ3v) is 7.89. The minimum absolute atomic E-state index is 0.0983. The lowest BCUT2D eigenvalue weighted by molar-refractivity contribution is -0.134. The van der Waals surface area contributed by atoms with E-state index in [0.717, 1.165) is 56.2 Å². The predicted molar refractivity (Wildman–Crippen MR) is 146 cm³/mol. The molecular weight excluding hydrogens is 460 g/mol. The molecule has 3 amide bonds. The molecule has 0 aliphatic carbocycles. The third kappa shape index (κ3) is 5.23. The molecule has 2 saturated heterocycles. The highest BCUT2D eigenvalue weighted by molar-refractivity contribution is 6.07. The Hall–Kier alpha value is -3.69. The molecule has 3 heterocycles. The Bertz CT molecular complexity index is 1320. The standard InChI is InChI=1S/C31H34N4O2/c1-2-3-20-35-29(36)31(33-30(35)37,18-8-12-24-10-5-4-6-11-24)27-16-21-34(22-17-27)23-26-14-7-13-25-15-9-19-32-28(25)26/h4-7,9-11,13-15,19,27H,8,12,16-18,20-23H2,1H3,(H,33,37)/t31-/m0/s1. The van der Waals surface area contributed by atoms with Gasteiger partial charge in [-0.2, -0.15) is 0 Å². The van der Waals surface area contributed by atoms with Crippen molar-refractivity contribution in [1.82, 2.24) is 20.1 Å². The first-order chi connectivity index (χ1) is 18.1. The van der Waals surface area contributed by atoms with E-state index in [1.165, 1.54) is 16.0 Å². The number of nitrogens with one attached hydrogen (secondary N) is 1. The van der Waals surface area contributed by atoms with Gasteiger partial charge in [0.05, 0.1) is 12.1 Å². The number of piperidine rings is 1. The molecule has 190 valence electrons. The van der Waals surface area contributed by atoms with Crippen molar-refractivity contribution < 1.29 is 9.59 Å². The summed E-state index contributed by atoms with van der Waals surface area (Å²) < 4.78 is 0. The Labute approximate surface area is 219 Å². The molecular formula is C31H34N4O2. The first-order valence-corrected chi connectivity index (χ1v) is 13.2. The number of carbonyl (C=O) groups excluding carboxylic acids is 2. The quantitative estimate of drug-likeness (QED) is 0.361. The summed E-state index contributed by atoms with van der Waals surface area (Å²) in [6, 6.07) is 20.4. The molecule has 3 aromatic rings. The zero-order valence-corrected chi connectivity index (χ0v) is 21.5. The maximum Gasteiger partial charge on any atom is 0.325 e. The Kier molecular flexibility index (Phi) is 7.52. The smallest absolute Gasteiger partial charge is 0.323 e. The molecule has 6 heteroatoms. The van der Waals surface area contributed by atoms with Crippen molar-refractivity contribution in [3.8, 4) is 11.8 Å².